The number of nitrogens with one attached hydrogen (secondary N) is 3. The van der Waals surface area contributed by atoms with Gasteiger partial charge in [0.05, 0.1) is 12.0 Å². The molecule has 1 amide bonds. The van der Waals surface area contributed by atoms with E-state index in [1.54, 1.807) is 36.9 Å². The average Bonchev–Trinajstić information content (AvgIpc) is 3.20. The molecule has 0 aliphatic carbocycles. The number of hydroxylamine groups is 1. The van der Waals surface area contributed by atoms with Crippen LogP contribution < -0.4 is 25.6 Å². The first-order valence-electron chi connectivity index (χ1n) is 10.4. The largest absolute Gasteiger partial charge is 0.497 e. The Morgan fingerprint density at radius 1 is 1.00 bits per heavy atom. The normalized spacial score (nSPS) is 22.4. The maximum Gasteiger partial charge on any atom is 0.279 e. The minimum Gasteiger partial charge on any atom is -0.497 e. The van der Waals surface area contributed by atoms with Gasteiger partial charge in [0.15, 0.2) is 0 Å². The Kier molecular flexibility index (Phi) is 6.13. The molecule has 4 N–H and O–H groups in total. The number of carbonyl (C=O) groups is 1. The van der Waals surface area contributed by atoms with Crippen molar-refractivity contribution < 1.29 is 27.9 Å². The fraction of sp³-hybridized carbons (Fsp3) is 0.409. The SMILES string of the molecule is COc1ccc(Oc2ccc(S(=O)(=O)C3(C(=O)NO)CC4(CCNCC4)CN3)cc2)cc1. The van der Waals surface area contributed by atoms with E-state index < -0.39 is 20.6 Å². The lowest BCUT2D eigenvalue weighted by atomic mass is 9.77. The number of hydrogen-bond donors (Lipinski definition) is 4. The maximum atomic E-state index is 13.6. The minimum absolute atomic E-state index is 0.0262. The summed E-state index contributed by atoms with van der Waals surface area (Å²) in [4.78, 5) is 10.7. The van der Waals surface area contributed by atoms with E-state index >= 15 is 0 Å². The highest BCUT2D eigenvalue weighted by Gasteiger charge is 2.60. The van der Waals surface area contributed by atoms with Crippen molar-refractivity contribution in [3.8, 4) is 17.2 Å². The molecule has 2 saturated heterocycles. The molecule has 0 bridgehead atoms. The summed E-state index contributed by atoms with van der Waals surface area (Å²) in [7, 11) is -2.59. The summed E-state index contributed by atoms with van der Waals surface area (Å²) in [5.41, 5.74) is 1.25. The van der Waals surface area contributed by atoms with Crippen LogP contribution in [0.3, 0.4) is 0 Å². The number of sulfone groups is 1. The number of rotatable bonds is 6. The van der Waals surface area contributed by atoms with Crippen LogP contribution >= 0.6 is 0 Å². The van der Waals surface area contributed by atoms with Gasteiger partial charge in [0.2, 0.25) is 14.7 Å². The smallest absolute Gasteiger partial charge is 0.279 e. The number of hydrogen-bond acceptors (Lipinski definition) is 8. The molecule has 0 saturated carbocycles. The van der Waals surface area contributed by atoms with Gasteiger partial charge in [-0.1, -0.05) is 0 Å². The van der Waals surface area contributed by atoms with E-state index in [0.717, 1.165) is 25.9 Å². The molecular formula is C22H27N3O6S. The van der Waals surface area contributed by atoms with E-state index in [4.69, 9.17) is 9.47 Å². The number of benzene rings is 2. The van der Waals surface area contributed by atoms with Crippen molar-refractivity contribution in [2.45, 2.75) is 29.0 Å². The lowest BCUT2D eigenvalue weighted by Gasteiger charge is -2.34. The van der Waals surface area contributed by atoms with Crippen LogP contribution in [0.1, 0.15) is 19.3 Å². The summed E-state index contributed by atoms with van der Waals surface area (Å²) >= 11 is 0. The lowest BCUT2D eigenvalue weighted by molar-refractivity contribution is -0.132. The van der Waals surface area contributed by atoms with E-state index in [-0.39, 0.29) is 16.7 Å². The first kappa shape index (κ1) is 22.5. The molecule has 32 heavy (non-hydrogen) atoms. The molecule has 2 aromatic carbocycles. The monoisotopic (exact) mass is 461 g/mol. The summed E-state index contributed by atoms with van der Waals surface area (Å²) in [5.74, 6) is 0.750. The van der Waals surface area contributed by atoms with Crippen LogP contribution in [0.25, 0.3) is 0 Å². The number of methoxy groups -OCH3 is 1. The van der Waals surface area contributed by atoms with Crippen LogP contribution in [0.15, 0.2) is 53.4 Å². The Morgan fingerprint density at radius 2 is 1.56 bits per heavy atom. The third-order valence-electron chi connectivity index (χ3n) is 6.39. The van der Waals surface area contributed by atoms with Crippen LogP contribution in [-0.2, 0) is 14.6 Å². The molecule has 10 heteroatoms. The van der Waals surface area contributed by atoms with Crippen LogP contribution in [0.4, 0.5) is 0 Å². The standard InChI is InChI=1S/C22H27N3O6S/c1-30-16-2-4-17(5-3-16)31-18-6-8-19(9-7-18)32(28,29)22(20(26)25-27)14-21(15-24-22)10-12-23-13-11-21/h2-9,23-24,27H,10-15H2,1H3,(H,25,26). The molecule has 1 unspecified atom stereocenters. The second-order valence-electron chi connectivity index (χ2n) is 8.30. The topological polar surface area (TPSA) is 126 Å². The minimum atomic E-state index is -4.16. The average molecular weight is 462 g/mol. The van der Waals surface area contributed by atoms with Gasteiger partial charge >= 0.3 is 0 Å². The lowest BCUT2D eigenvalue weighted by Crippen LogP contribution is -2.58. The second-order valence-corrected chi connectivity index (χ2v) is 10.5. The zero-order chi connectivity index (χ0) is 22.8. The summed E-state index contributed by atoms with van der Waals surface area (Å²) in [6.07, 6.45) is 1.61. The number of carbonyl (C=O) groups excluding carboxylic acids is 1. The Hall–Kier alpha value is -2.66. The van der Waals surface area contributed by atoms with Crippen molar-refractivity contribution in [3.63, 3.8) is 0 Å². The van der Waals surface area contributed by atoms with Crippen LogP contribution in [0.5, 0.6) is 17.2 Å². The highest BCUT2D eigenvalue weighted by Crippen LogP contribution is 2.46. The first-order valence-corrected chi connectivity index (χ1v) is 11.9. The molecule has 9 nitrogen and oxygen atoms in total. The van der Waals surface area contributed by atoms with E-state index in [2.05, 4.69) is 10.6 Å². The molecular weight excluding hydrogens is 434 g/mol. The number of ether oxygens (including phenoxy) is 2. The number of amides is 1. The molecule has 0 aromatic heterocycles. The molecule has 0 radical (unpaired) electrons. The molecule has 2 aliphatic heterocycles. The first-order chi connectivity index (χ1) is 15.3. The summed E-state index contributed by atoms with van der Waals surface area (Å²) in [6, 6.07) is 12.9. The Bertz CT molecular complexity index is 1070. The van der Waals surface area contributed by atoms with Crippen LogP contribution in [0, 0.1) is 5.41 Å². The predicted molar refractivity (Wildman–Crippen MR) is 117 cm³/mol. The highest BCUT2D eigenvalue weighted by molar-refractivity contribution is 7.93. The zero-order valence-corrected chi connectivity index (χ0v) is 18.6. The molecule has 1 atom stereocenters. The van der Waals surface area contributed by atoms with Gasteiger partial charge in [-0.15, -0.1) is 0 Å². The van der Waals surface area contributed by atoms with Gasteiger partial charge in [-0.3, -0.25) is 15.3 Å². The molecule has 2 aromatic rings. The van der Waals surface area contributed by atoms with Crippen molar-refractivity contribution in [3.05, 3.63) is 48.5 Å². The predicted octanol–water partition coefficient (Wildman–Crippen LogP) is 1.83. The van der Waals surface area contributed by atoms with Crippen molar-refractivity contribution >= 4 is 15.7 Å². The highest BCUT2D eigenvalue weighted by atomic mass is 32.2. The van der Waals surface area contributed by atoms with E-state index in [1.165, 1.54) is 24.3 Å². The Balaban J connectivity index is 1.59. The fourth-order valence-corrected chi connectivity index (χ4v) is 6.47. The van der Waals surface area contributed by atoms with Gasteiger partial charge in [-0.25, -0.2) is 13.9 Å². The second kappa shape index (κ2) is 8.70. The zero-order valence-electron chi connectivity index (χ0n) is 17.8. The van der Waals surface area contributed by atoms with E-state index in [0.29, 0.717) is 23.8 Å². The maximum absolute atomic E-state index is 13.6. The third-order valence-corrected chi connectivity index (χ3v) is 8.68. The molecule has 2 heterocycles. The van der Waals surface area contributed by atoms with Gasteiger partial charge in [0.25, 0.3) is 5.91 Å². The summed E-state index contributed by atoms with van der Waals surface area (Å²) in [6.45, 7) is 1.91. The van der Waals surface area contributed by atoms with Gasteiger partial charge in [-0.2, -0.15) is 0 Å². The fourth-order valence-electron chi connectivity index (χ4n) is 4.52. The van der Waals surface area contributed by atoms with Gasteiger partial charge in [0.1, 0.15) is 17.2 Å². The van der Waals surface area contributed by atoms with Crippen molar-refractivity contribution in [1.29, 1.82) is 0 Å². The molecule has 2 aliphatic rings. The molecule has 172 valence electrons. The van der Waals surface area contributed by atoms with Crippen molar-refractivity contribution in [2.75, 3.05) is 26.7 Å². The summed E-state index contributed by atoms with van der Waals surface area (Å²) in [5, 5.41) is 15.6. The van der Waals surface area contributed by atoms with E-state index in [1.807, 2.05) is 0 Å². The molecule has 2 fully saturated rings. The molecule has 1 spiro atoms. The van der Waals surface area contributed by atoms with Gasteiger partial charge in [-0.05, 0) is 86.3 Å². The van der Waals surface area contributed by atoms with E-state index in [9.17, 15) is 18.4 Å². The molecule has 4 rings (SSSR count). The van der Waals surface area contributed by atoms with Gasteiger partial charge in [0, 0.05) is 6.54 Å². The third kappa shape index (κ3) is 3.95. The summed E-state index contributed by atoms with van der Waals surface area (Å²) < 4.78 is 38.1. The van der Waals surface area contributed by atoms with Crippen molar-refractivity contribution in [2.24, 2.45) is 5.41 Å². The quantitative estimate of drug-likeness (QED) is 0.379. The Labute approximate surface area is 187 Å². The van der Waals surface area contributed by atoms with Crippen LogP contribution in [0.2, 0.25) is 0 Å². The van der Waals surface area contributed by atoms with Gasteiger partial charge < -0.3 is 14.8 Å². The Morgan fingerprint density at radius 3 is 2.12 bits per heavy atom. The van der Waals surface area contributed by atoms with Crippen LogP contribution in [-0.4, -0.2) is 51.1 Å². The number of piperidine rings is 1. The van der Waals surface area contributed by atoms with Crippen molar-refractivity contribution in [1.82, 2.24) is 16.1 Å².